The molecule has 0 spiro atoms. The van der Waals surface area contributed by atoms with E-state index in [1.165, 1.54) is 24.8 Å². The van der Waals surface area contributed by atoms with Gasteiger partial charge in [-0.05, 0) is 24.8 Å². The second-order valence-corrected chi connectivity index (χ2v) is 5.75. The van der Waals surface area contributed by atoms with Crippen LogP contribution in [0.4, 0.5) is 0 Å². The van der Waals surface area contributed by atoms with E-state index in [1.54, 1.807) is 0 Å². The van der Waals surface area contributed by atoms with Crippen molar-refractivity contribution in [3.63, 3.8) is 0 Å². The number of fused-ring (bicyclic) bond motifs is 1. The van der Waals surface area contributed by atoms with Crippen LogP contribution < -0.4 is 10.1 Å². The minimum atomic E-state index is 0.457. The van der Waals surface area contributed by atoms with Crippen LogP contribution in [0.1, 0.15) is 58.1 Å². The fraction of sp³-hybridized carbons (Fsp3) is 0.647. The molecule has 106 valence electrons. The van der Waals surface area contributed by atoms with E-state index in [1.807, 2.05) is 0 Å². The van der Waals surface area contributed by atoms with E-state index in [0.29, 0.717) is 12.1 Å². The van der Waals surface area contributed by atoms with Crippen molar-refractivity contribution in [3.8, 4) is 5.75 Å². The summed E-state index contributed by atoms with van der Waals surface area (Å²) in [4.78, 5) is 0. The lowest BCUT2D eigenvalue weighted by Crippen LogP contribution is -2.36. The summed E-state index contributed by atoms with van der Waals surface area (Å²) in [6.07, 6.45) is 4.81. The molecular weight excluding hydrogens is 234 g/mol. The molecule has 3 atom stereocenters. The molecule has 0 bridgehead atoms. The smallest absolute Gasteiger partial charge is 0.124 e. The Labute approximate surface area is 117 Å². The van der Waals surface area contributed by atoms with Crippen LogP contribution in [-0.2, 0) is 0 Å². The lowest BCUT2D eigenvalue weighted by molar-refractivity contribution is 0.235. The van der Waals surface area contributed by atoms with Gasteiger partial charge in [-0.2, -0.15) is 0 Å². The molecule has 0 saturated carbocycles. The Morgan fingerprint density at radius 1 is 1.26 bits per heavy atom. The molecule has 1 aromatic carbocycles. The van der Waals surface area contributed by atoms with Crippen LogP contribution >= 0.6 is 0 Å². The first-order valence-corrected chi connectivity index (χ1v) is 7.72. The zero-order chi connectivity index (χ0) is 13.7. The van der Waals surface area contributed by atoms with E-state index in [0.717, 1.165) is 24.7 Å². The van der Waals surface area contributed by atoms with Gasteiger partial charge in [-0.25, -0.2) is 0 Å². The average Bonchev–Trinajstić information content (AvgIpc) is 2.46. The first-order chi connectivity index (χ1) is 9.24. The molecule has 1 aromatic rings. The third-order valence-electron chi connectivity index (χ3n) is 4.27. The maximum atomic E-state index is 5.73. The molecule has 1 N–H and O–H groups in total. The van der Waals surface area contributed by atoms with E-state index in [-0.39, 0.29) is 0 Å². The Hall–Kier alpha value is -1.02. The van der Waals surface area contributed by atoms with Crippen LogP contribution in [0.15, 0.2) is 24.3 Å². The topological polar surface area (TPSA) is 21.3 Å². The van der Waals surface area contributed by atoms with Crippen molar-refractivity contribution in [2.24, 2.45) is 5.92 Å². The number of hydrogen-bond acceptors (Lipinski definition) is 2. The van der Waals surface area contributed by atoms with Crippen LogP contribution in [0.25, 0.3) is 0 Å². The molecule has 19 heavy (non-hydrogen) atoms. The molecule has 1 aliphatic rings. The Morgan fingerprint density at radius 3 is 2.79 bits per heavy atom. The van der Waals surface area contributed by atoms with Crippen molar-refractivity contribution in [3.05, 3.63) is 29.8 Å². The summed E-state index contributed by atoms with van der Waals surface area (Å²) in [5.41, 5.74) is 1.33. The summed E-state index contributed by atoms with van der Waals surface area (Å²) in [5.74, 6) is 1.86. The molecule has 0 aromatic heterocycles. The monoisotopic (exact) mass is 261 g/mol. The van der Waals surface area contributed by atoms with Crippen LogP contribution in [-0.4, -0.2) is 12.6 Å². The maximum absolute atomic E-state index is 5.73. The van der Waals surface area contributed by atoms with Gasteiger partial charge in [0.1, 0.15) is 5.75 Å². The fourth-order valence-electron chi connectivity index (χ4n) is 2.80. The number of ether oxygens (including phenoxy) is 1. The molecule has 3 unspecified atom stereocenters. The molecule has 0 amide bonds. The van der Waals surface area contributed by atoms with Crippen molar-refractivity contribution in [1.82, 2.24) is 5.32 Å². The highest BCUT2D eigenvalue weighted by molar-refractivity contribution is 5.37. The van der Waals surface area contributed by atoms with E-state index >= 15 is 0 Å². The minimum absolute atomic E-state index is 0.457. The molecule has 2 heteroatoms. The third-order valence-corrected chi connectivity index (χ3v) is 4.27. The van der Waals surface area contributed by atoms with Gasteiger partial charge in [-0.3, -0.25) is 0 Å². The number of rotatable bonds is 6. The van der Waals surface area contributed by atoms with Crippen molar-refractivity contribution < 1.29 is 4.74 Å². The van der Waals surface area contributed by atoms with Gasteiger partial charge in [0.05, 0.1) is 6.61 Å². The van der Waals surface area contributed by atoms with Crippen molar-refractivity contribution in [2.75, 3.05) is 6.61 Å². The summed E-state index contributed by atoms with van der Waals surface area (Å²) < 4.78 is 5.73. The van der Waals surface area contributed by atoms with Gasteiger partial charge in [-0.15, -0.1) is 0 Å². The fourth-order valence-corrected chi connectivity index (χ4v) is 2.80. The van der Waals surface area contributed by atoms with Gasteiger partial charge in [0, 0.05) is 24.1 Å². The Kier molecular flexibility index (Phi) is 5.26. The SMILES string of the molecule is CCC(C)CC(CC)NC1CCOc2ccccc21. The first kappa shape index (κ1) is 14.4. The summed E-state index contributed by atoms with van der Waals surface area (Å²) in [6, 6.07) is 9.52. The van der Waals surface area contributed by atoms with Crippen LogP contribution in [0.2, 0.25) is 0 Å². The van der Waals surface area contributed by atoms with E-state index in [4.69, 9.17) is 4.74 Å². The zero-order valence-electron chi connectivity index (χ0n) is 12.5. The number of nitrogens with one attached hydrogen (secondary N) is 1. The van der Waals surface area contributed by atoms with Crippen LogP contribution in [0, 0.1) is 5.92 Å². The predicted octanol–water partition coefficient (Wildman–Crippen LogP) is 4.31. The molecule has 1 aliphatic heterocycles. The first-order valence-electron chi connectivity index (χ1n) is 7.72. The quantitative estimate of drug-likeness (QED) is 0.823. The van der Waals surface area contributed by atoms with Crippen molar-refractivity contribution in [2.45, 2.75) is 58.5 Å². The summed E-state index contributed by atoms with van der Waals surface area (Å²) in [5, 5.41) is 3.85. The number of para-hydroxylation sites is 1. The molecule has 2 nitrogen and oxygen atoms in total. The van der Waals surface area contributed by atoms with E-state index in [2.05, 4.69) is 50.4 Å². The van der Waals surface area contributed by atoms with Gasteiger partial charge >= 0.3 is 0 Å². The largest absolute Gasteiger partial charge is 0.493 e. The summed E-state index contributed by atoms with van der Waals surface area (Å²) in [6.45, 7) is 7.74. The highest BCUT2D eigenvalue weighted by atomic mass is 16.5. The minimum Gasteiger partial charge on any atom is -0.493 e. The van der Waals surface area contributed by atoms with Crippen molar-refractivity contribution >= 4 is 0 Å². The Bertz CT molecular complexity index is 391. The summed E-state index contributed by atoms with van der Waals surface area (Å²) >= 11 is 0. The van der Waals surface area contributed by atoms with Gasteiger partial charge in [0.25, 0.3) is 0 Å². The van der Waals surface area contributed by atoms with Gasteiger partial charge in [0.2, 0.25) is 0 Å². The molecule has 2 rings (SSSR count). The van der Waals surface area contributed by atoms with Gasteiger partial charge < -0.3 is 10.1 Å². The normalized spacial score (nSPS) is 21.3. The second kappa shape index (κ2) is 6.95. The predicted molar refractivity (Wildman–Crippen MR) is 80.6 cm³/mol. The number of benzene rings is 1. The average molecular weight is 261 g/mol. The van der Waals surface area contributed by atoms with Gasteiger partial charge in [-0.1, -0.05) is 45.4 Å². The maximum Gasteiger partial charge on any atom is 0.124 e. The lowest BCUT2D eigenvalue weighted by Gasteiger charge is -2.31. The van der Waals surface area contributed by atoms with Crippen LogP contribution in [0.5, 0.6) is 5.75 Å². The zero-order valence-corrected chi connectivity index (χ0v) is 12.5. The Balaban J connectivity index is 2.02. The van der Waals surface area contributed by atoms with Crippen LogP contribution in [0.3, 0.4) is 0 Å². The Morgan fingerprint density at radius 2 is 2.05 bits per heavy atom. The highest BCUT2D eigenvalue weighted by Gasteiger charge is 2.23. The molecule has 1 heterocycles. The third kappa shape index (κ3) is 3.73. The van der Waals surface area contributed by atoms with Gasteiger partial charge in [0.15, 0.2) is 0 Å². The second-order valence-electron chi connectivity index (χ2n) is 5.75. The van der Waals surface area contributed by atoms with E-state index in [9.17, 15) is 0 Å². The molecule has 0 aliphatic carbocycles. The van der Waals surface area contributed by atoms with E-state index < -0.39 is 0 Å². The molecule has 0 fully saturated rings. The van der Waals surface area contributed by atoms with Crippen molar-refractivity contribution in [1.29, 1.82) is 0 Å². The molecule has 0 radical (unpaired) electrons. The summed E-state index contributed by atoms with van der Waals surface area (Å²) in [7, 11) is 0. The number of hydrogen-bond donors (Lipinski definition) is 1. The lowest BCUT2D eigenvalue weighted by atomic mass is 9.94. The standard InChI is InChI=1S/C17H27NO/c1-4-13(3)12-14(5-2)18-16-10-11-19-17-9-7-6-8-15(16)17/h6-9,13-14,16,18H,4-5,10-12H2,1-3H3. The highest BCUT2D eigenvalue weighted by Crippen LogP contribution is 2.32. The molecule has 0 saturated heterocycles. The molecular formula is C17H27NO.